The number of H-pyrrole nitrogens is 2. The highest BCUT2D eigenvalue weighted by Gasteiger charge is 2.38. The maximum absolute atomic E-state index is 13.6. The van der Waals surface area contributed by atoms with Crippen molar-refractivity contribution in [3.63, 3.8) is 0 Å². The highest BCUT2D eigenvalue weighted by atomic mass is 16.5. The molecule has 0 spiro atoms. The second kappa shape index (κ2) is 17.0. The van der Waals surface area contributed by atoms with Crippen LogP contribution in [0, 0.1) is 11.8 Å². The number of carbonyl (C=O) groups is 3. The van der Waals surface area contributed by atoms with E-state index in [2.05, 4.69) is 87.9 Å². The molecule has 7 rings (SSSR count). The van der Waals surface area contributed by atoms with E-state index in [4.69, 9.17) is 14.5 Å². The number of imidazole rings is 1. The number of amides is 3. The van der Waals surface area contributed by atoms with Crippen molar-refractivity contribution in [2.45, 2.75) is 96.8 Å². The highest BCUT2D eigenvalue weighted by Crippen LogP contribution is 2.42. The molecule has 4 aromatic rings. The quantitative estimate of drug-likeness (QED) is 0.115. The molecule has 2 aromatic heterocycles. The van der Waals surface area contributed by atoms with Crippen LogP contribution in [0.25, 0.3) is 33.6 Å². The van der Waals surface area contributed by atoms with E-state index in [-0.39, 0.29) is 30.0 Å². The number of nitrogens with zero attached hydrogens (tertiary/aromatic N) is 3. The van der Waals surface area contributed by atoms with Crippen LogP contribution in [0.2, 0.25) is 0 Å². The van der Waals surface area contributed by atoms with Crippen molar-refractivity contribution in [2.24, 2.45) is 11.8 Å². The number of ether oxygens (including phenoxy) is 2. The zero-order chi connectivity index (χ0) is 39.5. The molecule has 2 fully saturated rings. The van der Waals surface area contributed by atoms with Gasteiger partial charge in [0.1, 0.15) is 11.9 Å². The first-order valence-electron chi connectivity index (χ1n) is 20.3. The van der Waals surface area contributed by atoms with E-state index in [9.17, 15) is 14.4 Å². The van der Waals surface area contributed by atoms with Gasteiger partial charge >= 0.3 is 12.2 Å². The lowest BCUT2D eigenvalue weighted by atomic mass is 9.99. The van der Waals surface area contributed by atoms with Gasteiger partial charge in [-0.3, -0.25) is 9.69 Å². The minimum Gasteiger partial charge on any atom is -0.453 e. The zero-order valence-electron chi connectivity index (χ0n) is 33.6. The van der Waals surface area contributed by atoms with Crippen LogP contribution in [0.15, 0.2) is 54.7 Å². The summed E-state index contributed by atoms with van der Waals surface area (Å²) in [6.07, 6.45) is 8.14. The monoisotopic (exact) mass is 763 g/mol. The fourth-order valence-electron chi connectivity index (χ4n) is 8.91. The Morgan fingerprint density at radius 1 is 0.750 bits per heavy atom. The average molecular weight is 764 g/mol. The number of aromatic amines is 2. The van der Waals surface area contributed by atoms with Crippen LogP contribution in [-0.4, -0.2) is 88.8 Å². The lowest BCUT2D eigenvalue weighted by Gasteiger charge is -2.31. The summed E-state index contributed by atoms with van der Waals surface area (Å²) in [5.41, 5.74) is 10.9. The van der Waals surface area contributed by atoms with Gasteiger partial charge in [-0.25, -0.2) is 14.6 Å². The van der Waals surface area contributed by atoms with E-state index >= 15 is 0 Å². The molecule has 2 saturated heterocycles. The Morgan fingerprint density at radius 3 is 2.02 bits per heavy atom. The van der Waals surface area contributed by atoms with Crippen molar-refractivity contribution in [2.75, 3.05) is 33.9 Å². The number of rotatable bonds is 12. The summed E-state index contributed by atoms with van der Waals surface area (Å²) in [7, 11) is 2.72. The number of hydrogen-bond acceptors (Lipinski definition) is 7. The summed E-state index contributed by atoms with van der Waals surface area (Å²) in [6.45, 7) is 10.6. The van der Waals surface area contributed by atoms with Crippen molar-refractivity contribution in [3.8, 4) is 33.6 Å². The fraction of sp³-hybridized carbons (Fsp3) is 0.500. The van der Waals surface area contributed by atoms with E-state index in [1.165, 1.54) is 48.7 Å². The molecule has 2 aliphatic heterocycles. The summed E-state index contributed by atoms with van der Waals surface area (Å²) in [5.74, 6) is 0.835. The smallest absolute Gasteiger partial charge is 0.407 e. The molecule has 56 heavy (non-hydrogen) atoms. The first-order chi connectivity index (χ1) is 27.1. The van der Waals surface area contributed by atoms with Crippen LogP contribution < -0.4 is 10.6 Å². The van der Waals surface area contributed by atoms with Gasteiger partial charge in [-0.2, -0.15) is 0 Å². The first-order valence-corrected chi connectivity index (χ1v) is 20.3. The van der Waals surface area contributed by atoms with E-state index in [0.717, 1.165) is 79.8 Å². The number of nitrogens with one attached hydrogen (secondary N) is 4. The summed E-state index contributed by atoms with van der Waals surface area (Å²) in [4.78, 5) is 54.1. The number of carbonyl (C=O) groups excluding carboxylic acids is 3. The van der Waals surface area contributed by atoms with Crippen molar-refractivity contribution in [1.29, 1.82) is 0 Å². The molecule has 0 saturated carbocycles. The van der Waals surface area contributed by atoms with E-state index < -0.39 is 12.1 Å². The molecule has 2 aromatic carbocycles. The highest BCUT2D eigenvalue weighted by molar-refractivity contribution is 5.86. The van der Waals surface area contributed by atoms with E-state index in [1.54, 1.807) is 0 Å². The molecular weight excluding hydrogens is 707 g/mol. The van der Waals surface area contributed by atoms with Gasteiger partial charge in [-0.1, -0.05) is 76.2 Å². The average Bonchev–Trinajstić information content (AvgIpc) is 4.05. The lowest BCUT2D eigenvalue weighted by Crippen LogP contribution is -2.51. The third-order valence-corrected chi connectivity index (χ3v) is 12.1. The van der Waals surface area contributed by atoms with Crippen molar-refractivity contribution < 1.29 is 23.9 Å². The van der Waals surface area contributed by atoms with Gasteiger partial charge in [0.15, 0.2) is 0 Å². The minimum atomic E-state index is -0.671. The number of benzene rings is 2. The van der Waals surface area contributed by atoms with Gasteiger partial charge in [0.05, 0.1) is 38.2 Å². The topological polar surface area (TPSA) is 145 Å². The second-order valence-corrected chi connectivity index (χ2v) is 16.2. The van der Waals surface area contributed by atoms with Gasteiger partial charge in [0.2, 0.25) is 5.91 Å². The van der Waals surface area contributed by atoms with Gasteiger partial charge in [0, 0.05) is 30.5 Å². The van der Waals surface area contributed by atoms with Gasteiger partial charge in [-0.15, -0.1) is 0 Å². The third-order valence-electron chi connectivity index (χ3n) is 12.1. The maximum atomic E-state index is 13.6. The molecule has 12 nitrogen and oxygen atoms in total. The molecule has 4 N–H and O–H groups in total. The van der Waals surface area contributed by atoms with Crippen LogP contribution in [0.1, 0.15) is 94.5 Å². The largest absolute Gasteiger partial charge is 0.453 e. The van der Waals surface area contributed by atoms with Crippen LogP contribution >= 0.6 is 0 Å². The van der Waals surface area contributed by atoms with Gasteiger partial charge < -0.3 is 35.0 Å². The molecule has 3 aliphatic rings. The second-order valence-electron chi connectivity index (χ2n) is 16.2. The van der Waals surface area contributed by atoms with Gasteiger partial charge in [0.25, 0.3) is 0 Å². The SMILES string of the molecule is COC(=O)N[C@H](C(=O)N1CCCC1c1ncc(-c2ccc(-c3ccc(-c4[nH]c(C5CCCN5C[C@@H](NC(=O)OC)C(C)C)c5c4CCC5)cc3)cc2)[nH]1)C(C)C. The summed E-state index contributed by atoms with van der Waals surface area (Å²) >= 11 is 0. The van der Waals surface area contributed by atoms with Gasteiger partial charge in [-0.05, 0) is 96.7 Å². The molecule has 2 unspecified atom stereocenters. The Kier molecular flexibility index (Phi) is 11.8. The van der Waals surface area contributed by atoms with Crippen LogP contribution in [0.3, 0.4) is 0 Å². The fourth-order valence-corrected chi connectivity index (χ4v) is 8.91. The van der Waals surface area contributed by atoms with Crippen LogP contribution in [0.5, 0.6) is 0 Å². The zero-order valence-corrected chi connectivity index (χ0v) is 33.6. The molecule has 1 aliphatic carbocycles. The molecule has 4 heterocycles. The van der Waals surface area contributed by atoms with E-state index in [1.807, 2.05) is 24.9 Å². The van der Waals surface area contributed by atoms with E-state index in [0.29, 0.717) is 18.5 Å². The Bertz CT molecular complexity index is 2000. The Hall–Kier alpha value is -5.10. The molecular formula is C44H57N7O5. The number of hydrogen-bond donors (Lipinski definition) is 4. The number of fused-ring (bicyclic) bond motifs is 1. The Morgan fingerprint density at radius 2 is 1.36 bits per heavy atom. The number of methoxy groups -OCH3 is 2. The molecule has 12 heteroatoms. The summed E-state index contributed by atoms with van der Waals surface area (Å²) < 4.78 is 9.70. The minimum absolute atomic E-state index is 0.0195. The predicted octanol–water partition coefficient (Wildman–Crippen LogP) is 7.79. The number of likely N-dealkylation sites (tertiary alicyclic amines) is 2. The molecule has 0 bridgehead atoms. The van der Waals surface area contributed by atoms with Crippen LogP contribution in [-0.2, 0) is 27.1 Å². The lowest BCUT2D eigenvalue weighted by molar-refractivity contribution is -0.135. The Balaban J connectivity index is 1.04. The predicted molar refractivity (Wildman–Crippen MR) is 217 cm³/mol. The Labute approximate surface area is 330 Å². The number of alkyl carbamates (subject to hydrolysis) is 2. The first kappa shape index (κ1) is 39.1. The van der Waals surface area contributed by atoms with Crippen molar-refractivity contribution >= 4 is 18.1 Å². The summed E-state index contributed by atoms with van der Waals surface area (Å²) in [5, 5.41) is 5.78. The summed E-state index contributed by atoms with van der Waals surface area (Å²) in [6, 6.07) is 16.9. The molecule has 3 amide bonds. The number of aromatic nitrogens is 3. The molecule has 0 radical (unpaired) electrons. The third kappa shape index (κ3) is 8.07. The van der Waals surface area contributed by atoms with Crippen LogP contribution in [0.4, 0.5) is 9.59 Å². The standard InChI is InChI=1S/C44H57N7O5/c1-26(2)35(47-43(53)55-5)25-50-22-8-12-36(50)40-33-11-7-10-32(33)39(48-40)31-20-16-29(17-21-31)28-14-18-30(19-15-28)34-24-45-41(46-34)37-13-9-23-51(37)42(52)38(27(3)4)49-44(54)56-6/h14-21,24,26-27,35-38,48H,7-13,22-23,25H2,1-6H3,(H,45,46)(H,47,53)(H,49,54)/t35-,36?,37?,38+/m1/s1. The normalized spacial score (nSPS) is 19.3. The van der Waals surface area contributed by atoms with Crippen molar-refractivity contribution in [1.82, 2.24) is 35.4 Å². The molecule has 4 atom stereocenters. The molecule has 298 valence electrons. The van der Waals surface area contributed by atoms with Crippen molar-refractivity contribution in [3.05, 3.63) is 77.4 Å². The maximum Gasteiger partial charge on any atom is 0.407 e.